The van der Waals surface area contributed by atoms with Crippen LogP contribution in [0, 0.1) is 0 Å². The maximum absolute atomic E-state index is 10.0. The molecule has 1 aromatic heterocycles. The van der Waals surface area contributed by atoms with Crippen LogP contribution in [-0.2, 0) is 6.54 Å². The van der Waals surface area contributed by atoms with Gasteiger partial charge in [-0.05, 0) is 49.4 Å². The number of hydrogen-bond acceptors (Lipinski definition) is 3. The number of nitrogens with zero attached hydrogens (tertiary/aromatic N) is 3. The van der Waals surface area contributed by atoms with E-state index >= 15 is 0 Å². The summed E-state index contributed by atoms with van der Waals surface area (Å²) in [4.78, 5) is 2.62. The summed E-state index contributed by atoms with van der Waals surface area (Å²) in [5.74, 6) is 0. The molecule has 2 aromatic rings. The van der Waals surface area contributed by atoms with Gasteiger partial charge in [-0.2, -0.15) is 5.10 Å². The lowest BCUT2D eigenvalue weighted by atomic mass is 9.82. The summed E-state index contributed by atoms with van der Waals surface area (Å²) in [5.41, 5.74) is 2.45. The molecule has 22 heavy (non-hydrogen) atoms. The molecule has 4 heteroatoms. The van der Waals surface area contributed by atoms with Gasteiger partial charge in [-0.1, -0.05) is 18.6 Å². The summed E-state index contributed by atoms with van der Waals surface area (Å²) in [6.45, 7) is 0.983. The molecule has 0 amide bonds. The molecule has 0 aliphatic carbocycles. The van der Waals surface area contributed by atoms with E-state index in [2.05, 4.69) is 34.3 Å². The van der Waals surface area contributed by atoms with Crippen molar-refractivity contribution in [1.82, 2.24) is 14.7 Å². The maximum Gasteiger partial charge on any atom is 0.0648 e. The van der Waals surface area contributed by atoms with Crippen molar-refractivity contribution in [2.45, 2.75) is 56.8 Å². The van der Waals surface area contributed by atoms with Gasteiger partial charge in [0.05, 0.1) is 11.8 Å². The Kier molecular flexibility index (Phi) is 3.72. The number of piperidine rings is 2. The van der Waals surface area contributed by atoms with E-state index in [0.29, 0.717) is 12.1 Å². The monoisotopic (exact) mass is 297 g/mol. The Hall–Kier alpha value is -1.65. The molecule has 2 fully saturated rings. The van der Waals surface area contributed by atoms with Gasteiger partial charge in [-0.3, -0.25) is 4.90 Å². The van der Waals surface area contributed by atoms with Gasteiger partial charge in [0.2, 0.25) is 0 Å². The minimum absolute atomic E-state index is 0.0954. The number of aliphatic hydroxyl groups is 1. The molecule has 0 spiro atoms. The molecule has 3 heterocycles. The quantitative estimate of drug-likeness (QED) is 0.947. The number of aromatic nitrogens is 2. The van der Waals surface area contributed by atoms with Gasteiger partial charge in [0.25, 0.3) is 0 Å². The Balaban J connectivity index is 1.55. The normalized spacial score (nSPS) is 28.7. The van der Waals surface area contributed by atoms with Crippen LogP contribution in [-0.4, -0.2) is 38.0 Å². The lowest BCUT2D eigenvalue weighted by Gasteiger charge is -2.47. The molecule has 0 radical (unpaired) electrons. The zero-order valence-corrected chi connectivity index (χ0v) is 12.8. The summed E-state index contributed by atoms with van der Waals surface area (Å²) >= 11 is 0. The molecule has 3 atom stereocenters. The third-order valence-electron chi connectivity index (χ3n) is 5.15. The van der Waals surface area contributed by atoms with Gasteiger partial charge >= 0.3 is 0 Å². The molecule has 4 rings (SSSR count). The van der Waals surface area contributed by atoms with Crippen molar-refractivity contribution >= 4 is 0 Å². The molecule has 116 valence electrons. The lowest BCUT2D eigenvalue weighted by Crippen LogP contribution is -2.52. The van der Waals surface area contributed by atoms with Gasteiger partial charge in [0.15, 0.2) is 0 Å². The molecule has 0 saturated carbocycles. The molecule has 1 unspecified atom stereocenters. The van der Waals surface area contributed by atoms with E-state index in [1.54, 1.807) is 0 Å². The highest BCUT2D eigenvalue weighted by molar-refractivity contribution is 5.35. The van der Waals surface area contributed by atoms with Crippen molar-refractivity contribution in [3.8, 4) is 5.69 Å². The third kappa shape index (κ3) is 2.69. The van der Waals surface area contributed by atoms with E-state index in [9.17, 15) is 5.11 Å². The number of rotatable bonds is 3. The highest BCUT2D eigenvalue weighted by atomic mass is 16.3. The van der Waals surface area contributed by atoms with Gasteiger partial charge < -0.3 is 5.11 Å². The minimum atomic E-state index is -0.0954. The Morgan fingerprint density at radius 1 is 1.14 bits per heavy atom. The maximum atomic E-state index is 10.0. The van der Waals surface area contributed by atoms with E-state index in [4.69, 9.17) is 0 Å². The topological polar surface area (TPSA) is 41.3 Å². The molecular formula is C18H23N3O. The molecule has 2 aliphatic heterocycles. The predicted molar refractivity (Wildman–Crippen MR) is 85.8 cm³/mol. The van der Waals surface area contributed by atoms with E-state index in [0.717, 1.165) is 25.1 Å². The number of fused-ring (bicyclic) bond motifs is 2. The second-order valence-electron chi connectivity index (χ2n) is 6.66. The van der Waals surface area contributed by atoms with E-state index in [-0.39, 0.29) is 6.10 Å². The van der Waals surface area contributed by atoms with Gasteiger partial charge in [-0.25, -0.2) is 4.68 Å². The van der Waals surface area contributed by atoms with E-state index in [1.165, 1.54) is 24.8 Å². The van der Waals surface area contributed by atoms with Crippen LogP contribution < -0.4 is 0 Å². The van der Waals surface area contributed by atoms with Crippen LogP contribution in [0.4, 0.5) is 0 Å². The first-order valence-electron chi connectivity index (χ1n) is 8.32. The van der Waals surface area contributed by atoms with Gasteiger partial charge in [-0.15, -0.1) is 0 Å². The molecule has 2 bridgehead atoms. The zero-order valence-electron chi connectivity index (χ0n) is 12.8. The summed E-state index contributed by atoms with van der Waals surface area (Å²) in [7, 11) is 0. The summed E-state index contributed by atoms with van der Waals surface area (Å²) in [5, 5.41) is 14.3. The molecule has 4 nitrogen and oxygen atoms in total. The van der Waals surface area contributed by atoms with Crippen LogP contribution in [0.1, 0.15) is 37.7 Å². The molecular weight excluding hydrogens is 274 g/mol. The number of benzene rings is 1. The van der Waals surface area contributed by atoms with Crippen LogP contribution in [0.25, 0.3) is 5.69 Å². The largest absolute Gasteiger partial charge is 0.393 e. The van der Waals surface area contributed by atoms with Crippen LogP contribution in [0.15, 0.2) is 42.7 Å². The van der Waals surface area contributed by atoms with Crippen molar-refractivity contribution in [2.75, 3.05) is 0 Å². The SMILES string of the molecule is OC1C[C@H]2CCC[C@@H](C1)N2Cc1cccc(-n2cccn2)c1. The summed E-state index contributed by atoms with van der Waals surface area (Å²) in [6.07, 6.45) is 9.34. The van der Waals surface area contributed by atoms with E-state index in [1.807, 2.05) is 23.1 Å². The molecule has 1 N–H and O–H groups in total. The van der Waals surface area contributed by atoms with Crippen LogP contribution >= 0.6 is 0 Å². The van der Waals surface area contributed by atoms with Crippen LogP contribution in [0.3, 0.4) is 0 Å². The average molecular weight is 297 g/mol. The first kappa shape index (κ1) is 14.0. The van der Waals surface area contributed by atoms with Crippen LogP contribution in [0.5, 0.6) is 0 Å². The Morgan fingerprint density at radius 3 is 2.68 bits per heavy atom. The van der Waals surface area contributed by atoms with Crippen molar-refractivity contribution in [1.29, 1.82) is 0 Å². The Morgan fingerprint density at radius 2 is 1.95 bits per heavy atom. The second kappa shape index (κ2) is 5.86. The van der Waals surface area contributed by atoms with E-state index < -0.39 is 0 Å². The van der Waals surface area contributed by atoms with Crippen molar-refractivity contribution in [2.24, 2.45) is 0 Å². The Labute approximate surface area is 131 Å². The van der Waals surface area contributed by atoms with Gasteiger partial charge in [0, 0.05) is 31.0 Å². The smallest absolute Gasteiger partial charge is 0.0648 e. The minimum Gasteiger partial charge on any atom is -0.393 e. The first-order valence-corrected chi connectivity index (χ1v) is 8.32. The molecule has 2 saturated heterocycles. The molecule has 2 aliphatic rings. The standard InChI is InChI=1S/C18H23N3O/c22-18-11-15-5-2-6-16(12-18)20(15)13-14-4-1-7-17(10-14)21-9-3-8-19-21/h1,3-4,7-10,15-16,18,22H,2,5-6,11-13H2/t15-,16+,18?. The van der Waals surface area contributed by atoms with Crippen molar-refractivity contribution < 1.29 is 5.11 Å². The summed E-state index contributed by atoms with van der Waals surface area (Å²) in [6, 6.07) is 11.7. The van der Waals surface area contributed by atoms with Gasteiger partial charge in [0.1, 0.15) is 0 Å². The highest BCUT2D eigenvalue weighted by Gasteiger charge is 2.37. The fraction of sp³-hybridized carbons (Fsp3) is 0.500. The third-order valence-corrected chi connectivity index (χ3v) is 5.15. The fourth-order valence-corrected chi connectivity index (χ4v) is 4.14. The Bertz CT molecular complexity index is 611. The average Bonchev–Trinajstić information content (AvgIpc) is 3.03. The predicted octanol–water partition coefficient (Wildman–Crippen LogP) is 2.75. The zero-order chi connectivity index (χ0) is 14.9. The van der Waals surface area contributed by atoms with Crippen molar-refractivity contribution in [3.05, 3.63) is 48.3 Å². The lowest BCUT2D eigenvalue weighted by molar-refractivity contribution is -0.0312. The first-order chi connectivity index (χ1) is 10.8. The van der Waals surface area contributed by atoms with Crippen LogP contribution in [0.2, 0.25) is 0 Å². The number of hydrogen-bond donors (Lipinski definition) is 1. The summed E-state index contributed by atoms with van der Waals surface area (Å²) < 4.78 is 1.91. The second-order valence-corrected chi connectivity index (χ2v) is 6.66. The van der Waals surface area contributed by atoms with Crippen molar-refractivity contribution in [3.63, 3.8) is 0 Å². The number of aliphatic hydroxyl groups excluding tert-OH is 1. The highest BCUT2D eigenvalue weighted by Crippen LogP contribution is 2.35. The fourth-order valence-electron chi connectivity index (χ4n) is 4.14. The molecule has 1 aromatic carbocycles.